The third-order valence-corrected chi connectivity index (χ3v) is 2.89. The predicted octanol–water partition coefficient (Wildman–Crippen LogP) is 3.54. The molecule has 0 saturated heterocycles. The normalized spacial score (nSPS) is 9.60. The van der Waals surface area contributed by atoms with Crippen LogP contribution in [-0.4, -0.2) is 9.97 Å². The Balaban J connectivity index is 1.83. The highest BCUT2D eigenvalue weighted by molar-refractivity contribution is 5.64. The second-order valence-electron chi connectivity index (χ2n) is 4.28. The molecule has 2 aromatic carbocycles. The Hall–Kier alpha value is -2.92. The first-order valence-corrected chi connectivity index (χ1v) is 6.35. The van der Waals surface area contributed by atoms with Crippen molar-refractivity contribution in [1.82, 2.24) is 9.97 Å². The Kier molecular flexibility index (Phi) is 3.53. The van der Waals surface area contributed by atoms with Crippen molar-refractivity contribution >= 4 is 0 Å². The van der Waals surface area contributed by atoms with Crippen LogP contribution in [0.3, 0.4) is 0 Å². The van der Waals surface area contributed by atoms with Crippen LogP contribution < -0.4 is 0 Å². The second kappa shape index (κ2) is 5.81. The molecule has 0 spiro atoms. The zero-order valence-electron chi connectivity index (χ0n) is 10.8. The molecule has 0 N–H and O–H groups in total. The average molecular weight is 256 g/mol. The lowest BCUT2D eigenvalue weighted by atomic mass is 10.0. The van der Waals surface area contributed by atoms with Gasteiger partial charge >= 0.3 is 0 Å². The monoisotopic (exact) mass is 256 g/mol. The van der Waals surface area contributed by atoms with E-state index in [1.165, 1.54) is 11.1 Å². The van der Waals surface area contributed by atoms with Crippen molar-refractivity contribution in [2.45, 2.75) is 0 Å². The zero-order chi connectivity index (χ0) is 13.6. The molecule has 0 bridgehead atoms. The first-order valence-electron chi connectivity index (χ1n) is 6.35. The van der Waals surface area contributed by atoms with Crippen molar-refractivity contribution in [3.8, 4) is 23.0 Å². The molecule has 3 aromatic rings. The third kappa shape index (κ3) is 2.90. The third-order valence-electron chi connectivity index (χ3n) is 2.89. The van der Waals surface area contributed by atoms with Gasteiger partial charge in [-0.15, -0.1) is 0 Å². The molecule has 1 heterocycles. The summed E-state index contributed by atoms with van der Waals surface area (Å²) in [4.78, 5) is 8.11. The summed E-state index contributed by atoms with van der Waals surface area (Å²) in [5.41, 5.74) is 4.05. The number of nitrogens with zero attached hydrogens (tertiary/aromatic N) is 2. The van der Waals surface area contributed by atoms with E-state index in [-0.39, 0.29) is 0 Å². The molecule has 2 heteroatoms. The minimum Gasteiger partial charge on any atom is -0.260 e. The molecule has 0 amide bonds. The summed E-state index contributed by atoms with van der Waals surface area (Å²) in [5.74, 6) is 6.08. The van der Waals surface area contributed by atoms with E-state index in [0.717, 1.165) is 5.56 Å². The lowest BCUT2D eigenvalue weighted by molar-refractivity contribution is 1.17. The fourth-order valence-electron chi connectivity index (χ4n) is 1.88. The van der Waals surface area contributed by atoms with Crippen molar-refractivity contribution in [1.29, 1.82) is 0 Å². The van der Waals surface area contributed by atoms with E-state index < -0.39 is 0 Å². The molecule has 20 heavy (non-hydrogen) atoms. The summed E-state index contributed by atoms with van der Waals surface area (Å²) >= 11 is 0. The highest BCUT2D eigenvalue weighted by Crippen LogP contribution is 2.18. The van der Waals surface area contributed by atoms with Crippen molar-refractivity contribution in [3.05, 3.63) is 84.4 Å². The quantitative estimate of drug-likeness (QED) is 0.622. The van der Waals surface area contributed by atoms with Gasteiger partial charge in [0.25, 0.3) is 0 Å². The molecule has 0 fully saturated rings. The number of hydrogen-bond acceptors (Lipinski definition) is 2. The first-order chi connectivity index (χ1) is 9.92. The highest BCUT2D eigenvalue weighted by atomic mass is 14.7. The Morgan fingerprint density at radius 1 is 0.700 bits per heavy atom. The lowest BCUT2D eigenvalue weighted by Gasteiger charge is -2.00. The number of benzene rings is 2. The maximum absolute atomic E-state index is 4.12. The van der Waals surface area contributed by atoms with Gasteiger partial charge in [-0.2, -0.15) is 0 Å². The first kappa shape index (κ1) is 12.1. The molecule has 0 saturated carbocycles. The standard InChI is InChI=1S/C18H12N2/c1-2-4-16(5-3-1)17-9-6-15(7-10-17)8-11-18-14-19-12-13-20-18/h1-7,9-10,12-14H. The molecule has 3 rings (SSSR count). The van der Waals surface area contributed by atoms with E-state index >= 15 is 0 Å². The van der Waals surface area contributed by atoms with Crippen molar-refractivity contribution in [3.63, 3.8) is 0 Å². The highest BCUT2D eigenvalue weighted by Gasteiger charge is 1.95. The van der Waals surface area contributed by atoms with Gasteiger partial charge in [0.1, 0.15) is 5.69 Å². The Morgan fingerprint density at radius 3 is 2.15 bits per heavy atom. The lowest BCUT2D eigenvalue weighted by Crippen LogP contribution is -1.82. The Bertz CT molecular complexity index is 736. The van der Waals surface area contributed by atoms with Gasteiger partial charge in [0.15, 0.2) is 0 Å². The van der Waals surface area contributed by atoms with E-state index in [1.54, 1.807) is 18.6 Å². The van der Waals surface area contributed by atoms with Gasteiger partial charge in [0.05, 0.1) is 6.20 Å². The van der Waals surface area contributed by atoms with E-state index in [2.05, 4.69) is 46.1 Å². The summed E-state index contributed by atoms with van der Waals surface area (Å²) in [6.45, 7) is 0. The van der Waals surface area contributed by atoms with Crippen molar-refractivity contribution < 1.29 is 0 Å². The van der Waals surface area contributed by atoms with E-state index in [1.807, 2.05) is 30.3 Å². The predicted molar refractivity (Wildman–Crippen MR) is 79.9 cm³/mol. The topological polar surface area (TPSA) is 25.8 Å². The van der Waals surface area contributed by atoms with Gasteiger partial charge in [-0.05, 0) is 29.2 Å². The number of hydrogen-bond donors (Lipinski definition) is 0. The maximum Gasteiger partial charge on any atom is 0.131 e. The molecule has 1 aromatic heterocycles. The molecule has 2 nitrogen and oxygen atoms in total. The van der Waals surface area contributed by atoms with E-state index in [0.29, 0.717) is 5.69 Å². The van der Waals surface area contributed by atoms with Crippen LogP contribution in [0.25, 0.3) is 11.1 Å². The van der Waals surface area contributed by atoms with Crippen LogP contribution in [0.2, 0.25) is 0 Å². The summed E-state index contributed by atoms with van der Waals surface area (Å²) in [6, 6.07) is 18.5. The van der Waals surface area contributed by atoms with Crippen LogP contribution in [0.5, 0.6) is 0 Å². The Morgan fingerprint density at radius 2 is 1.45 bits per heavy atom. The van der Waals surface area contributed by atoms with Gasteiger partial charge in [-0.3, -0.25) is 4.98 Å². The summed E-state index contributed by atoms with van der Waals surface area (Å²) in [7, 11) is 0. The van der Waals surface area contributed by atoms with Crippen LogP contribution in [0.4, 0.5) is 0 Å². The van der Waals surface area contributed by atoms with Crippen LogP contribution in [0.15, 0.2) is 73.2 Å². The average Bonchev–Trinajstić information content (AvgIpc) is 2.55. The van der Waals surface area contributed by atoms with Gasteiger partial charge < -0.3 is 0 Å². The van der Waals surface area contributed by atoms with Gasteiger partial charge in [-0.1, -0.05) is 48.4 Å². The maximum atomic E-state index is 4.12. The largest absolute Gasteiger partial charge is 0.260 e. The molecule has 0 radical (unpaired) electrons. The SMILES string of the molecule is C(#Cc1cnccn1)c1ccc(-c2ccccc2)cc1. The van der Waals surface area contributed by atoms with E-state index in [4.69, 9.17) is 0 Å². The molecular weight excluding hydrogens is 244 g/mol. The molecule has 0 aliphatic rings. The molecule has 0 aliphatic carbocycles. The van der Waals surface area contributed by atoms with Crippen LogP contribution in [0, 0.1) is 11.8 Å². The molecule has 0 aliphatic heterocycles. The van der Waals surface area contributed by atoms with Crippen molar-refractivity contribution in [2.75, 3.05) is 0 Å². The van der Waals surface area contributed by atoms with Crippen LogP contribution in [-0.2, 0) is 0 Å². The number of aromatic nitrogens is 2. The fourth-order valence-corrected chi connectivity index (χ4v) is 1.88. The van der Waals surface area contributed by atoms with Crippen LogP contribution in [0.1, 0.15) is 11.3 Å². The van der Waals surface area contributed by atoms with Gasteiger partial charge in [0.2, 0.25) is 0 Å². The minimum atomic E-state index is 0.680. The van der Waals surface area contributed by atoms with E-state index in [9.17, 15) is 0 Å². The van der Waals surface area contributed by atoms with Crippen LogP contribution >= 0.6 is 0 Å². The molecule has 94 valence electrons. The smallest absolute Gasteiger partial charge is 0.131 e. The summed E-state index contributed by atoms with van der Waals surface area (Å²) < 4.78 is 0. The second-order valence-corrected chi connectivity index (χ2v) is 4.28. The molecule has 0 unspecified atom stereocenters. The molecular formula is C18H12N2. The minimum absolute atomic E-state index is 0.680. The van der Waals surface area contributed by atoms with Gasteiger partial charge in [0, 0.05) is 18.0 Å². The molecule has 0 atom stereocenters. The van der Waals surface area contributed by atoms with Gasteiger partial charge in [-0.25, -0.2) is 4.98 Å². The summed E-state index contributed by atoms with van der Waals surface area (Å²) in [6.07, 6.45) is 4.94. The number of rotatable bonds is 1. The zero-order valence-corrected chi connectivity index (χ0v) is 10.8. The van der Waals surface area contributed by atoms with Crippen molar-refractivity contribution in [2.24, 2.45) is 0 Å². The Labute approximate surface area is 118 Å². The summed E-state index contributed by atoms with van der Waals surface area (Å²) in [5, 5.41) is 0. The fraction of sp³-hybridized carbons (Fsp3) is 0.